The first-order valence-corrected chi connectivity index (χ1v) is 4.97. The Kier molecular flexibility index (Phi) is 5.93. The van der Waals surface area contributed by atoms with E-state index < -0.39 is 12.0 Å². The Morgan fingerprint density at radius 1 is 1.33 bits per heavy atom. The first-order valence-electron chi connectivity index (χ1n) is 4.97. The molecule has 0 saturated heterocycles. The molecule has 0 aliphatic carbocycles. The fourth-order valence-corrected chi connectivity index (χ4v) is 0.976. The molecular formula is C10H19NO4. The quantitative estimate of drug-likeness (QED) is 0.664. The number of hydrogen-bond acceptors (Lipinski definition) is 4. The molecule has 1 N–H and O–H groups in total. The van der Waals surface area contributed by atoms with Crippen molar-refractivity contribution in [3.8, 4) is 0 Å². The van der Waals surface area contributed by atoms with Gasteiger partial charge in [0.05, 0.1) is 12.5 Å². The van der Waals surface area contributed by atoms with Crippen LogP contribution in [0.4, 0.5) is 0 Å². The van der Waals surface area contributed by atoms with E-state index in [0.717, 1.165) is 0 Å². The van der Waals surface area contributed by atoms with Crippen molar-refractivity contribution in [2.24, 2.45) is 0 Å². The smallest absolute Gasteiger partial charge is 0.323 e. The molecule has 0 rings (SSSR count). The van der Waals surface area contributed by atoms with Crippen molar-refractivity contribution in [1.29, 1.82) is 0 Å². The molecule has 15 heavy (non-hydrogen) atoms. The van der Waals surface area contributed by atoms with Crippen LogP contribution in [0.3, 0.4) is 0 Å². The molecule has 0 amide bonds. The molecule has 5 nitrogen and oxygen atoms in total. The van der Waals surface area contributed by atoms with E-state index in [9.17, 15) is 9.59 Å². The van der Waals surface area contributed by atoms with Gasteiger partial charge in [0.2, 0.25) is 0 Å². The van der Waals surface area contributed by atoms with Gasteiger partial charge in [-0.05, 0) is 27.8 Å². The Bertz CT molecular complexity index is 227. The van der Waals surface area contributed by atoms with E-state index in [-0.39, 0.29) is 18.5 Å². The average Bonchev–Trinajstić information content (AvgIpc) is 2.11. The molecule has 0 aromatic heterocycles. The summed E-state index contributed by atoms with van der Waals surface area (Å²) in [5.74, 6) is -1.19. The highest BCUT2D eigenvalue weighted by atomic mass is 16.5. The lowest BCUT2D eigenvalue weighted by Gasteiger charge is -2.23. The number of carboxylic acid groups (broad SMARTS) is 1. The van der Waals surface area contributed by atoms with Gasteiger partial charge < -0.3 is 9.84 Å². The minimum absolute atomic E-state index is 0.0236. The maximum absolute atomic E-state index is 11.4. The molecule has 5 heteroatoms. The number of rotatable bonds is 6. The summed E-state index contributed by atoms with van der Waals surface area (Å²) < 4.78 is 5.01. The molecule has 0 spiro atoms. The number of nitrogens with zero attached hydrogens (tertiary/aromatic N) is 1. The Labute approximate surface area is 90.0 Å². The molecule has 0 aliphatic heterocycles. The predicted molar refractivity (Wildman–Crippen MR) is 55.6 cm³/mol. The zero-order valence-corrected chi connectivity index (χ0v) is 9.69. The summed E-state index contributed by atoms with van der Waals surface area (Å²) in [7, 11) is 1.70. The van der Waals surface area contributed by atoms with Crippen molar-refractivity contribution >= 4 is 11.9 Å². The number of esters is 1. The molecule has 0 aromatic rings. The maximum Gasteiger partial charge on any atom is 0.323 e. The molecule has 0 heterocycles. The summed E-state index contributed by atoms with van der Waals surface area (Å²) >= 11 is 0. The Morgan fingerprint density at radius 3 is 2.27 bits per heavy atom. The van der Waals surface area contributed by atoms with Crippen LogP contribution in [0.5, 0.6) is 0 Å². The normalized spacial score (nSPS) is 12.9. The summed E-state index contributed by atoms with van der Waals surface area (Å²) in [4.78, 5) is 23.4. The molecule has 0 fully saturated rings. The summed E-state index contributed by atoms with van der Waals surface area (Å²) in [5.41, 5.74) is 0. The maximum atomic E-state index is 11.4. The number of ether oxygens (including phenoxy) is 1. The minimum Gasteiger partial charge on any atom is -0.481 e. The van der Waals surface area contributed by atoms with E-state index in [4.69, 9.17) is 9.84 Å². The van der Waals surface area contributed by atoms with Crippen LogP contribution in [-0.2, 0) is 14.3 Å². The summed E-state index contributed by atoms with van der Waals surface area (Å²) in [6.45, 7) is 5.60. The van der Waals surface area contributed by atoms with Crippen molar-refractivity contribution in [3.63, 3.8) is 0 Å². The third-order valence-electron chi connectivity index (χ3n) is 2.03. The van der Waals surface area contributed by atoms with E-state index >= 15 is 0 Å². The van der Waals surface area contributed by atoms with E-state index in [1.807, 2.05) is 0 Å². The van der Waals surface area contributed by atoms with Gasteiger partial charge in [-0.25, -0.2) is 0 Å². The van der Waals surface area contributed by atoms with E-state index in [1.54, 1.807) is 32.7 Å². The summed E-state index contributed by atoms with van der Waals surface area (Å²) in [6, 6.07) is -0.410. The third kappa shape index (κ3) is 6.06. The van der Waals surface area contributed by atoms with Gasteiger partial charge in [0, 0.05) is 6.54 Å². The summed E-state index contributed by atoms with van der Waals surface area (Å²) in [6.07, 6.45) is -0.122. The second kappa shape index (κ2) is 6.40. The fraction of sp³-hybridized carbons (Fsp3) is 0.800. The van der Waals surface area contributed by atoms with Gasteiger partial charge in [-0.2, -0.15) is 0 Å². The lowest BCUT2D eigenvalue weighted by atomic mass is 10.3. The fourth-order valence-electron chi connectivity index (χ4n) is 0.976. The van der Waals surface area contributed by atoms with Crippen molar-refractivity contribution in [2.75, 3.05) is 13.6 Å². The van der Waals surface area contributed by atoms with Gasteiger partial charge in [-0.15, -0.1) is 0 Å². The summed E-state index contributed by atoms with van der Waals surface area (Å²) in [5, 5.41) is 8.49. The molecule has 0 aromatic carbocycles. The molecule has 1 atom stereocenters. The van der Waals surface area contributed by atoms with Crippen molar-refractivity contribution in [3.05, 3.63) is 0 Å². The van der Waals surface area contributed by atoms with E-state index in [0.29, 0.717) is 6.54 Å². The van der Waals surface area contributed by atoms with Crippen molar-refractivity contribution in [1.82, 2.24) is 4.90 Å². The molecule has 0 bridgehead atoms. The predicted octanol–water partition coefficient (Wildman–Crippen LogP) is 0.733. The lowest BCUT2D eigenvalue weighted by Crippen LogP contribution is -2.39. The Balaban J connectivity index is 4.01. The van der Waals surface area contributed by atoms with Gasteiger partial charge in [-0.1, -0.05) is 0 Å². The van der Waals surface area contributed by atoms with Crippen LogP contribution in [0.25, 0.3) is 0 Å². The highest BCUT2D eigenvalue weighted by molar-refractivity contribution is 5.75. The van der Waals surface area contributed by atoms with Gasteiger partial charge in [0.25, 0.3) is 0 Å². The van der Waals surface area contributed by atoms with Crippen LogP contribution in [0, 0.1) is 0 Å². The van der Waals surface area contributed by atoms with Gasteiger partial charge in [-0.3, -0.25) is 14.5 Å². The van der Waals surface area contributed by atoms with Gasteiger partial charge >= 0.3 is 11.9 Å². The monoisotopic (exact) mass is 217 g/mol. The van der Waals surface area contributed by atoms with Gasteiger partial charge in [0.15, 0.2) is 0 Å². The second-order valence-electron chi connectivity index (χ2n) is 3.79. The Hall–Kier alpha value is -1.10. The average molecular weight is 217 g/mol. The first-order chi connectivity index (χ1) is 6.84. The number of carbonyl (C=O) groups excluding carboxylic acids is 1. The molecule has 0 radical (unpaired) electrons. The molecule has 0 aliphatic rings. The number of carbonyl (C=O) groups is 2. The van der Waals surface area contributed by atoms with Crippen molar-refractivity contribution < 1.29 is 19.4 Å². The third-order valence-corrected chi connectivity index (χ3v) is 2.03. The van der Waals surface area contributed by atoms with Crippen LogP contribution in [0.2, 0.25) is 0 Å². The first kappa shape index (κ1) is 13.9. The molecule has 1 unspecified atom stereocenters. The van der Waals surface area contributed by atoms with Crippen LogP contribution < -0.4 is 0 Å². The standard InChI is InChI=1S/C10H19NO4/c1-7(2)15-10(14)8(3)11(4)6-5-9(12)13/h7-8H,5-6H2,1-4H3,(H,12,13). The number of hydrogen-bond donors (Lipinski definition) is 1. The lowest BCUT2D eigenvalue weighted by molar-refractivity contribution is -0.153. The highest BCUT2D eigenvalue weighted by Gasteiger charge is 2.20. The molecule has 88 valence electrons. The molecular weight excluding hydrogens is 198 g/mol. The van der Waals surface area contributed by atoms with Gasteiger partial charge in [0.1, 0.15) is 6.04 Å². The number of carboxylic acids is 1. The van der Waals surface area contributed by atoms with E-state index in [1.165, 1.54) is 0 Å². The molecule has 0 saturated carbocycles. The largest absolute Gasteiger partial charge is 0.481 e. The Morgan fingerprint density at radius 2 is 1.87 bits per heavy atom. The highest BCUT2D eigenvalue weighted by Crippen LogP contribution is 2.02. The number of likely N-dealkylation sites (N-methyl/N-ethyl adjacent to an activating group) is 1. The van der Waals surface area contributed by atoms with Crippen LogP contribution in [0.1, 0.15) is 27.2 Å². The number of aliphatic carboxylic acids is 1. The van der Waals surface area contributed by atoms with Crippen LogP contribution in [-0.4, -0.2) is 47.7 Å². The topological polar surface area (TPSA) is 66.8 Å². The SMILES string of the molecule is CC(C)OC(=O)C(C)N(C)CCC(=O)O. The van der Waals surface area contributed by atoms with Crippen molar-refractivity contribution in [2.45, 2.75) is 39.3 Å². The van der Waals surface area contributed by atoms with Crippen LogP contribution in [0.15, 0.2) is 0 Å². The second-order valence-corrected chi connectivity index (χ2v) is 3.79. The zero-order valence-electron chi connectivity index (χ0n) is 9.69. The van der Waals surface area contributed by atoms with Crippen LogP contribution >= 0.6 is 0 Å². The zero-order chi connectivity index (χ0) is 12.0. The minimum atomic E-state index is -0.869. The van der Waals surface area contributed by atoms with E-state index in [2.05, 4.69) is 0 Å².